The number of carbonyl (C=O) groups excluding carboxylic acids is 3. The fraction of sp³-hybridized carbons (Fsp3) is 0.370. The maximum absolute atomic E-state index is 13.5. The number of thioether (sulfide) groups is 1. The summed E-state index contributed by atoms with van der Waals surface area (Å²) >= 11 is 6.69. The van der Waals surface area contributed by atoms with Gasteiger partial charge in [-0.1, -0.05) is 23.7 Å². The van der Waals surface area contributed by atoms with Crippen LogP contribution >= 0.6 is 23.4 Å². The number of carbonyl (C=O) groups is 3. The van der Waals surface area contributed by atoms with Gasteiger partial charge in [0.2, 0.25) is 5.91 Å². The van der Waals surface area contributed by atoms with Crippen LogP contribution < -0.4 is 4.90 Å². The molecule has 0 aromatic heterocycles. The largest absolute Gasteiger partial charge is 0.416 e. The molecule has 0 radical (unpaired) electrons. The predicted octanol–water partition coefficient (Wildman–Crippen LogP) is 5.08. The molecule has 7 nitrogen and oxygen atoms in total. The van der Waals surface area contributed by atoms with Crippen LogP contribution in [0.2, 0.25) is 5.02 Å². The Bertz CT molecular complexity index is 1360. The molecule has 5 rings (SSSR count). The first-order chi connectivity index (χ1) is 18.5. The van der Waals surface area contributed by atoms with Crippen molar-refractivity contribution in [1.29, 1.82) is 0 Å². The number of hydrogen-bond acceptors (Lipinski definition) is 6. The molecule has 3 aliphatic heterocycles. The molecule has 206 valence electrons. The Morgan fingerprint density at radius 2 is 1.79 bits per heavy atom. The van der Waals surface area contributed by atoms with E-state index in [1.165, 1.54) is 17.0 Å². The molecule has 12 heteroatoms. The number of fused-ring (bicyclic) bond motifs is 1. The van der Waals surface area contributed by atoms with Gasteiger partial charge >= 0.3 is 6.18 Å². The summed E-state index contributed by atoms with van der Waals surface area (Å²) in [7, 11) is 0. The summed E-state index contributed by atoms with van der Waals surface area (Å²) < 4.78 is 40.4. The van der Waals surface area contributed by atoms with E-state index in [-0.39, 0.29) is 40.7 Å². The number of benzene rings is 2. The Balaban J connectivity index is 1.20. The molecule has 0 bridgehead atoms. The van der Waals surface area contributed by atoms with E-state index in [4.69, 9.17) is 11.6 Å². The molecule has 0 saturated carbocycles. The van der Waals surface area contributed by atoms with E-state index < -0.39 is 11.7 Å². The van der Waals surface area contributed by atoms with Crippen LogP contribution in [0.4, 0.5) is 23.7 Å². The first kappa shape index (κ1) is 27.5. The van der Waals surface area contributed by atoms with Gasteiger partial charge in [0.05, 0.1) is 10.5 Å². The molecule has 3 amide bonds. The van der Waals surface area contributed by atoms with Crippen LogP contribution in [0.25, 0.3) is 6.08 Å². The first-order valence-corrected chi connectivity index (χ1v) is 13.7. The van der Waals surface area contributed by atoms with Gasteiger partial charge in [0.1, 0.15) is 0 Å². The van der Waals surface area contributed by atoms with Gasteiger partial charge in [0.15, 0.2) is 0 Å². The number of hydrogen-bond donors (Lipinski definition) is 0. The molecule has 2 fully saturated rings. The predicted molar refractivity (Wildman–Crippen MR) is 144 cm³/mol. The number of rotatable bonds is 6. The van der Waals surface area contributed by atoms with E-state index in [9.17, 15) is 27.6 Å². The maximum Gasteiger partial charge on any atom is 0.416 e. The molecule has 2 aromatic rings. The lowest BCUT2D eigenvalue weighted by atomic mass is 9.98. The smallest absolute Gasteiger partial charge is 0.362 e. The van der Waals surface area contributed by atoms with E-state index >= 15 is 0 Å². The highest BCUT2D eigenvalue weighted by Crippen LogP contribution is 2.40. The molecule has 39 heavy (non-hydrogen) atoms. The number of halogens is 4. The van der Waals surface area contributed by atoms with Crippen molar-refractivity contribution < 1.29 is 27.6 Å². The van der Waals surface area contributed by atoms with E-state index in [0.717, 1.165) is 34.6 Å². The zero-order valence-electron chi connectivity index (χ0n) is 21.1. The van der Waals surface area contributed by atoms with Gasteiger partial charge in [0.25, 0.3) is 11.1 Å². The average Bonchev–Trinajstić information content (AvgIpc) is 3.13. The Morgan fingerprint density at radius 1 is 1.05 bits per heavy atom. The molecule has 2 aromatic carbocycles. The number of anilines is 1. The highest BCUT2D eigenvalue weighted by Gasteiger charge is 2.36. The van der Waals surface area contributed by atoms with Crippen molar-refractivity contribution in [1.82, 2.24) is 14.7 Å². The molecule has 0 spiro atoms. The summed E-state index contributed by atoms with van der Waals surface area (Å²) in [6, 6.07) is 9.30. The van der Waals surface area contributed by atoms with Crippen molar-refractivity contribution in [3.63, 3.8) is 0 Å². The number of alkyl halides is 3. The van der Waals surface area contributed by atoms with Gasteiger partial charge in [-0.05, 0) is 58.8 Å². The lowest BCUT2D eigenvalue weighted by Gasteiger charge is -2.37. The standard InChI is InChI=1S/C27H26ClF3N4O3S/c1-17(36)33-9-6-32(7-10-33)8-11-35-25(37)24(39-26(35)38)13-18-2-5-23-20(12-18)16-34(23)15-19-3-4-21(28)14-22(19)27(29,30)31/h2-5,12-14H,6-11,15-16H2,1H3/b24-13-. The summed E-state index contributed by atoms with van der Waals surface area (Å²) in [5.41, 5.74) is 1.94. The Hall–Kier alpha value is -3.02. The maximum atomic E-state index is 13.5. The number of nitrogens with zero attached hydrogens (tertiary/aromatic N) is 4. The highest BCUT2D eigenvalue weighted by atomic mass is 35.5. The molecular formula is C27H26ClF3N4O3S. The highest BCUT2D eigenvalue weighted by molar-refractivity contribution is 8.18. The molecule has 2 saturated heterocycles. The van der Waals surface area contributed by atoms with Crippen LogP contribution in [0.5, 0.6) is 0 Å². The SMILES string of the molecule is CC(=O)N1CCN(CCN2C(=O)S/C(=C\c3ccc4c(c3)CN4Cc3ccc(Cl)cc3C(F)(F)F)C2=O)CC1. The van der Waals surface area contributed by atoms with Crippen LogP contribution in [-0.4, -0.2) is 71.0 Å². The van der Waals surface area contributed by atoms with Crippen molar-refractivity contribution in [3.05, 3.63) is 68.6 Å². The van der Waals surface area contributed by atoms with Crippen LogP contribution in [-0.2, 0) is 28.9 Å². The molecule has 3 heterocycles. The van der Waals surface area contributed by atoms with Gasteiger partial charge in [0, 0.05) is 70.0 Å². The topological polar surface area (TPSA) is 64.2 Å². The van der Waals surface area contributed by atoms with E-state index in [2.05, 4.69) is 4.90 Å². The van der Waals surface area contributed by atoms with Crippen LogP contribution in [0.15, 0.2) is 41.3 Å². The number of piperazine rings is 1. The van der Waals surface area contributed by atoms with Gasteiger partial charge in [-0.15, -0.1) is 0 Å². The lowest BCUT2D eigenvalue weighted by Crippen LogP contribution is -2.50. The molecular weight excluding hydrogens is 553 g/mol. The monoisotopic (exact) mass is 578 g/mol. The molecule has 0 aliphatic carbocycles. The normalized spacial score (nSPS) is 19.1. The van der Waals surface area contributed by atoms with Crippen molar-refractivity contribution in [2.45, 2.75) is 26.2 Å². The fourth-order valence-corrected chi connectivity index (χ4v) is 6.04. The molecule has 3 aliphatic rings. The third-order valence-electron chi connectivity index (χ3n) is 7.17. The minimum Gasteiger partial charge on any atom is -0.362 e. The summed E-state index contributed by atoms with van der Waals surface area (Å²) in [6.45, 7) is 5.62. The second-order valence-electron chi connectivity index (χ2n) is 9.72. The summed E-state index contributed by atoms with van der Waals surface area (Å²) in [4.78, 5) is 44.3. The quantitative estimate of drug-likeness (QED) is 0.446. The molecule has 0 N–H and O–H groups in total. The summed E-state index contributed by atoms with van der Waals surface area (Å²) in [6.07, 6.45) is -2.81. The van der Waals surface area contributed by atoms with Crippen LogP contribution in [0.3, 0.4) is 0 Å². The number of imide groups is 1. The van der Waals surface area contributed by atoms with Crippen LogP contribution in [0, 0.1) is 0 Å². The Labute approximate surface area is 233 Å². The van der Waals surface area contributed by atoms with Crippen molar-refractivity contribution in [3.8, 4) is 0 Å². The van der Waals surface area contributed by atoms with Gasteiger partial charge < -0.3 is 9.80 Å². The minimum atomic E-state index is -4.49. The zero-order valence-corrected chi connectivity index (χ0v) is 22.7. The van der Waals surface area contributed by atoms with E-state index in [0.29, 0.717) is 44.2 Å². The first-order valence-electron chi connectivity index (χ1n) is 12.5. The van der Waals surface area contributed by atoms with Crippen LogP contribution in [0.1, 0.15) is 29.2 Å². The second kappa shape index (κ2) is 10.9. The third-order valence-corrected chi connectivity index (χ3v) is 8.32. The van der Waals surface area contributed by atoms with Gasteiger partial charge in [-0.25, -0.2) is 0 Å². The molecule has 0 unspecified atom stereocenters. The Morgan fingerprint density at radius 3 is 2.46 bits per heavy atom. The average molecular weight is 579 g/mol. The third kappa shape index (κ3) is 5.95. The van der Waals surface area contributed by atoms with Crippen molar-refractivity contribution in [2.75, 3.05) is 44.2 Å². The van der Waals surface area contributed by atoms with E-state index in [1.54, 1.807) is 24.0 Å². The van der Waals surface area contributed by atoms with Crippen molar-refractivity contribution in [2.24, 2.45) is 0 Å². The van der Waals surface area contributed by atoms with Crippen molar-refractivity contribution >= 4 is 52.2 Å². The summed E-state index contributed by atoms with van der Waals surface area (Å²) in [5.74, 6) is -0.287. The minimum absolute atomic E-state index is 0.0386. The summed E-state index contributed by atoms with van der Waals surface area (Å²) in [5, 5.41) is -0.274. The second-order valence-corrected chi connectivity index (χ2v) is 11.2. The fourth-order valence-electron chi connectivity index (χ4n) is 5.00. The molecule has 0 atom stereocenters. The Kier molecular flexibility index (Phi) is 7.67. The lowest BCUT2D eigenvalue weighted by molar-refractivity contribution is -0.138. The van der Waals surface area contributed by atoms with Gasteiger partial charge in [-0.2, -0.15) is 13.2 Å². The zero-order chi connectivity index (χ0) is 27.9. The number of amides is 3. The van der Waals surface area contributed by atoms with E-state index in [1.807, 2.05) is 17.0 Å². The van der Waals surface area contributed by atoms with Gasteiger partial charge in [-0.3, -0.25) is 24.2 Å².